The lowest BCUT2D eigenvalue weighted by atomic mass is 9.97. The summed E-state index contributed by atoms with van der Waals surface area (Å²) in [4.78, 5) is 0. The lowest BCUT2D eigenvalue weighted by molar-refractivity contribution is 0.711. The number of nitrogens with two attached hydrogens (primary N) is 1. The average molecular weight is 254 g/mol. The molecule has 1 rings (SSSR count). The van der Waals surface area contributed by atoms with Gasteiger partial charge in [-0.3, -0.25) is 0 Å². The highest BCUT2D eigenvalue weighted by Gasteiger charge is 2.09. The first-order valence-corrected chi connectivity index (χ1v) is 5.46. The van der Waals surface area contributed by atoms with Gasteiger partial charge in [-0.2, -0.15) is 0 Å². The fourth-order valence-electron chi connectivity index (χ4n) is 1.50. The van der Waals surface area contributed by atoms with Gasteiger partial charge in [-0.1, -0.05) is 27.6 Å². The van der Waals surface area contributed by atoms with Crippen molar-refractivity contribution in [2.45, 2.75) is 26.3 Å². The maximum atomic E-state index is 6.08. The third-order valence-corrected chi connectivity index (χ3v) is 2.70. The van der Waals surface area contributed by atoms with E-state index < -0.39 is 0 Å². The molecule has 2 heteroatoms. The zero-order valence-electron chi connectivity index (χ0n) is 8.68. The van der Waals surface area contributed by atoms with Crippen molar-refractivity contribution in [3.63, 3.8) is 0 Å². The van der Waals surface area contributed by atoms with Crippen molar-refractivity contribution in [3.8, 4) is 0 Å². The minimum absolute atomic E-state index is 0.0602. The van der Waals surface area contributed by atoms with E-state index in [0.29, 0.717) is 0 Å². The predicted octanol–water partition coefficient (Wildman–Crippen LogP) is 3.72. The fraction of sp³-hybridized carbons (Fsp3) is 0.333. The molecular formula is C12H16BrN. The van der Waals surface area contributed by atoms with Crippen LogP contribution in [0.3, 0.4) is 0 Å². The molecule has 1 nitrogen and oxygen atoms in total. The molecule has 1 atom stereocenters. The van der Waals surface area contributed by atoms with Crippen LogP contribution in [0.1, 0.15) is 30.5 Å². The summed E-state index contributed by atoms with van der Waals surface area (Å²) in [6, 6.07) is 6.26. The summed E-state index contributed by atoms with van der Waals surface area (Å²) >= 11 is 3.45. The molecule has 14 heavy (non-hydrogen) atoms. The van der Waals surface area contributed by atoms with Crippen molar-refractivity contribution < 1.29 is 0 Å². The third kappa shape index (κ3) is 2.96. The van der Waals surface area contributed by atoms with Gasteiger partial charge in [0.2, 0.25) is 0 Å². The van der Waals surface area contributed by atoms with E-state index in [1.165, 1.54) is 11.1 Å². The smallest absolute Gasteiger partial charge is 0.0335 e. The first-order chi connectivity index (χ1) is 6.50. The quantitative estimate of drug-likeness (QED) is 0.817. The van der Waals surface area contributed by atoms with Crippen molar-refractivity contribution in [1.82, 2.24) is 0 Å². The Morgan fingerprint density at radius 1 is 1.57 bits per heavy atom. The van der Waals surface area contributed by atoms with Crippen LogP contribution < -0.4 is 5.73 Å². The maximum absolute atomic E-state index is 6.08. The minimum atomic E-state index is 0.0602. The number of rotatable bonds is 3. The maximum Gasteiger partial charge on any atom is 0.0335 e. The molecule has 0 radical (unpaired) electrons. The van der Waals surface area contributed by atoms with Crippen LogP contribution in [0.25, 0.3) is 0 Å². The van der Waals surface area contributed by atoms with Crippen LogP contribution >= 0.6 is 15.9 Å². The van der Waals surface area contributed by atoms with E-state index in [0.717, 1.165) is 16.5 Å². The minimum Gasteiger partial charge on any atom is -0.324 e. The predicted molar refractivity (Wildman–Crippen MR) is 65.2 cm³/mol. The van der Waals surface area contributed by atoms with Gasteiger partial charge in [0.05, 0.1) is 0 Å². The highest BCUT2D eigenvalue weighted by atomic mass is 79.9. The monoisotopic (exact) mass is 253 g/mol. The Balaban J connectivity index is 2.93. The second-order valence-corrected chi connectivity index (χ2v) is 4.68. The first-order valence-electron chi connectivity index (χ1n) is 4.66. The molecule has 1 aromatic rings. The second-order valence-electron chi connectivity index (χ2n) is 3.77. The van der Waals surface area contributed by atoms with Crippen LogP contribution in [0, 0.1) is 6.92 Å². The molecule has 1 aromatic carbocycles. The van der Waals surface area contributed by atoms with E-state index in [4.69, 9.17) is 5.73 Å². The molecule has 0 saturated heterocycles. The van der Waals surface area contributed by atoms with Crippen LogP contribution in [0.4, 0.5) is 0 Å². The van der Waals surface area contributed by atoms with Gasteiger partial charge in [0.15, 0.2) is 0 Å². The average Bonchev–Trinajstić information content (AvgIpc) is 2.08. The molecule has 0 aromatic heterocycles. The normalized spacial score (nSPS) is 12.6. The number of hydrogen-bond donors (Lipinski definition) is 1. The molecule has 0 saturated carbocycles. The van der Waals surface area contributed by atoms with Gasteiger partial charge in [-0.05, 0) is 43.5 Å². The second kappa shape index (κ2) is 4.76. The Hall–Kier alpha value is -0.600. The SMILES string of the molecule is C=C(C)C[C@H](N)c1cc(Br)ccc1C. The lowest BCUT2D eigenvalue weighted by Crippen LogP contribution is -2.11. The molecular weight excluding hydrogens is 238 g/mol. The van der Waals surface area contributed by atoms with Crippen LogP contribution in [-0.4, -0.2) is 0 Å². The molecule has 0 spiro atoms. The standard InChI is InChI=1S/C12H16BrN/c1-8(2)6-12(14)11-7-10(13)5-4-9(11)3/h4-5,7,12H,1,6,14H2,2-3H3/t12-/m0/s1. The fourth-order valence-corrected chi connectivity index (χ4v) is 1.87. The van der Waals surface area contributed by atoms with Crippen molar-refractivity contribution in [3.05, 3.63) is 46.0 Å². The zero-order valence-corrected chi connectivity index (χ0v) is 10.3. The van der Waals surface area contributed by atoms with Crippen molar-refractivity contribution >= 4 is 15.9 Å². The third-order valence-electron chi connectivity index (χ3n) is 2.21. The van der Waals surface area contributed by atoms with E-state index in [1.807, 2.05) is 13.0 Å². The Morgan fingerprint density at radius 3 is 2.79 bits per heavy atom. The molecule has 76 valence electrons. The number of halogens is 1. The molecule has 0 aliphatic heterocycles. The highest BCUT2D eigenvalue weighted by Crippen LogP contribution is 2.24. The summed E-state index contributed by atoms with van der Waals surface area (Å²) in [6.07, 6.45) is 0.845. The highest BCUT2D eigenvalue weighted by molar-refractivity contribution is 9.10. The molecule has 0 aliphatic rings. The molecule has 0 unspecified atom stereocenters. The van der Waals surface area contributed by atoms with Crippen molar-refractivity contribution in [2.24, 2.45) is 5.73 Å². The molecule has 0 amide bonds. The lowest BCUT2D eigenvalue weighted by Gasteiger charge is -2.15. The van der Waals surface area contributed by atoms with Crippen LogP contribution in [0.15, 0.2) is 34.8 Å². The van der Waals surface area contributed by atoms with Gasteiger partial charge in [0.1, 0.15) is 0 Å². The van der Waals surface area contributed by atoms with E-state index in [1.54, 1.807) is 0 Å². The molecule has 0 aliphatic carbocycles. The Morgan fingerprint density at radius 2 is 2.21 bits per heavy atom. The van der Waals surface area contributed by atoms with Gasteiger partial charge >= 0.3 is 0 Å². The summed E-state index contributed by atoms with van der Waals surface area (Å²) in [5.74, 6) is 0. The molecule has 0 bridgehead atoms. The Bertz CT molecular complexity index is 344. The van der Waals surface area contributed by atoms with Crippen LogP contribution in [0.2, 0.25) is 0 Å². The summed E-state index contributed by atoms with van der Waals surface area (Å²) < 4.78 is 1.08. The van der Waals surface area contributed by atoms with Crippen LogP contribution in [0.5, 0.6) is 0 Å². The first kappa shape index (κ1) is 11.5. The summed E-state index contributed by atoms with van der Waals surface area (Å²) in [5.41, 5.74) is 9.64. The van der Waals surface area contributed by atoms with Gasteiger partial charge in [0.25, 0.3) is 0 Å². The largest absolute Gasteiger partial charge is 0.324 e. The van der Waals surface area contributed by atoms with Gasteiger partial charge in [-0.15, -0.1) is 6.58 Å². The Kier molecular flexibility index (Phi) is 3.90. The number of hydrogen-bond acceptors (Lipinski definition) is 1. The Labute approximate surface area is 94.1 Å². The number of benzene rings is 1. The van der Waals surface area contributed by atoms with Gasteiger partial charge < -0.3 is 5.73 Å². The number of aryl methyl sites for hydroxylation is 1. The van der Waals surface area contributed by atoms with E-state index in [9.17, 15) is 0 Å². The molecule has 0 heterocycles. The molecule has 2 N–H and O–H groups in total. The van der Waals surface area contributed by atoms with Gasteiger partial charge in [-0.25, -0.2) is 0 Å². The van der Waals surface area contributed by atoms with E-state index >= 15 is 0 Å². The van der Waals surface area contributed by atoms with Gasteiger partial charge in [0, 0.05) is 10.5 Å². The summed E-state index contributed by atoms with van der Waals surface area (Å²) in [7, 11) is 0. The zero-order chi connectivity index (χ0) is 10.7. The van der Waals surface area contributed by atoms with E-state index in [2.05, 4.69) is 41.6 Å². The topological polar surface area (TPSA) is 26.0 Å². The van der Waals surface area contributed by atoms with Crippen LogP contribution in [-0.2, 0) is 0 Å². The molecule has 0 fully saturated rings. The van der Waals surface area contributed by atoms with E-state index in [-0.39, 0.29) is 6.04 Å². The summed E-state index contributed by atoms with van der Waals surface area (Å²) in [5, 5.41) is 0. The van der Waals surface area contributed by atoms with Crippen molar-refractivity contribution in [2.75, 3.05) is 0 Å². The van der Waals surface area contributed by atoms with Crippen molar-refractivity contribution in [1.29, 1.82) is 0 Å². The summed E-state index contributed by atoms with van der Waals surface area (Å²) in [6.45, 7) is 7.97.